The summed E-state index contributed by atoms with van der Waals surface area (Å²) < 4.78 is 12.8. The van der Waals surface area contributed by atoms with Gasteiger partial charge in [-0.1, -0.05) is 19.4 Å². The zero-order valence-corrected chi connectivity index (χ0v) is 9.28. The fourth-order valence-corrected chi connectivity index (χ4v) is 1.66. The Kier molecular flexibility index (Phi) is 3.30. The Balaban J connectivity index is 2.32. The van der Waals surface area contributed by atoms with Crippen LogP contribution in [0, 0.1) is 5.82 Å². The van der Waals surface area contributed by atoms with Crippen LogP contribution in [0.3, 0.4) is 0 Å². The molecule has 0 aliphatic carbocycles. The molecule has 1 aromatic heterocycles. The van der Waals surface area contributed by atoms with Crippen molar-refractivity contribution in [2.75, 3.05) is 0 Å². The predicted octanol–water partition coefficient (Wildman–Crippen LogP) is 3.84. The van der Waals surface area contributed by atoms with Crippen molar-refractivity contribution >= 4 is 0 Å². The van der Waals surface area contributed by atoms with Gasteiger partial charge < -0.3 is 0 Å². The number of pyridine rings is 1. The fraction of sp³-hybridized carbons (Fsp3) is 0.214. The number of hydrogen-bond acceptors (Lipinski definition) is 1. The number of nitrogens with zero attached hydrogens (tertiary/aromatic N) is 1. The van der Waals surface area contributed by atoms with Gasteiger partial charge in [0.15, 0.2) is 0 Å². The molecule has 2 rings (SSSR count). The van der Waals surface area contributed by atoms with Crippen LogP contribution < -0.4 is 0 Å². The minimum Gasteiger partial charge on any atom is -0.253 e. The minimum atomic E-state index is -0.214. The summed E-state index contributed by atoms with van der Waals surface area (Å²) in [5, 5.41) is 0. The number of hydrogen-bond donors (Lipinski definition) is 0. The standard InChI is InChI=1S/C14H14FN/c1-2-4-13-5-3-6-14(16-13)11-7-9-12(15)10-8-11/h3,5-10H,2,4H2,1H3. The molecule has 0 radical (unpaired) electrons. The second kappa shape index (κ2) is 4.88. The normalized spacial score (nSPS) is 10.4. The molecule has 0 N–H and O–H groups in total. The first-order chi connectivity index (χ1) is 7.79. The Morgan fingerprint density at radius 3 is 2.50 bits per heavy atom. The van der Waals surface area contributed by atoms with Crippen LogP contribution in [-0.2, 0) is 6.42 Å². The zero-order valence-electron chi connectivity index (χ0n) is 9.28. The Labute approximate surface area is 95.0 Å². The molecule has 0 saturated heterocycles. The van der Waals surface area contributed by atoms with E-state index in [2.05, 4.69) is 11.9 Å². The van der Waals surface area contributed by atoms with E-state index in [4.69, 9.17) is 0 Å². The Hall–Kier alpha value is -1.70. The maximum atomic E-state index is 12.8. The summed E-state index contributed by atoms with van der Waals surface area (Å²) in [5.41, 5.74) is 2.95. The fourth-order valence-electron chi connectivity index (χ4n) is 1.66. The summed E-state index contributed by atoms with van der Waals surface area (Å²) in [6.45, 7) is 2.13. The van der Waals surface area contributed by atoms with Gasteiger partial charge >= 0.3 is 0 Å². The second-order valence-corrected chi connectivity index (χ2v) is 3.77. The maximum absolute atomic E-state index is 12.8. The molecule has 16 heavy (non-hydrogen) atoms. The summed E-state index contributed by atoms with van der Waals surface area (Å²) in [6.07, 6.45) is 2.06. The van der Waals surface area contributed by atoms with Crippen LogP contribution in [0.1, 0.15) is 19.0 Å². The Morgan fingerprint density at radius 1 is 1.06 bits per heavy atom. The van der Waals surface area contributed by atoms with E-state index in [0.717, 1.165) is 29.8 Å². The molecule has 2 heteroatoms. The van der Waals surface area contributed by atoms with Crippen LogP contribution in [0.15, 0.2) is 42.5 Å². The number of benzene rings is 1. The summed E-state index contributed by atoms with van der Waals surface area (Å²) in [5.74, 6) is -0.214. The van der Waals surface area contributed by atoms with Gasteiger partial charge in [-0.15, -0.1) is 0 Å². The quantitative estimate of drug-likeness (QED) is 0.758. The highest BCUT2D eigenvalue weighted by atomic mass is 19.1. The van der Waals surface area contributed by atoms with Crippen LogP contribution in [-0.4, -0.2) is 4.98 Å². The molecular weight excluding hydrogens is 201 g/mol. The van der Waals surface area contributed by atoms with Gasteiger partial charge in [0, 0.05) is 11.3 Å². The van der Waals surface area contributed by atoms with Gasteiger partial charge in [-0.05, 0) is 42.8 Å². The molecule has 0 unspecified atom stereocenters. The van der Waals surface area contributed by atoms with E-state index in [-0.39, 0.29) is 5.82 Å². The average molecular weight is 215 g/mol. The molecule has 1 nitrogen and oxygen atoms in total. The lowest BCUT2D eigenvalue weighted by atomic mass is 10.1. The van der Waals surface area contributed by atoms with Crippen molar-refractivity contribution in [3.05, 3.63) is 54.0 Å². The van der Waals surface area contributed by atoms with Gasteiger partial charge in [-0.25, -0.2) is 4.39 Å². The summed E-state index contributed by atoms with van der Waals surface area (Å²) in [6, 6.07) is 12.4. The maximum Gasteiger partial charge on any atom is 0.123 e. The van der Waals surface area contributed by atoms with Gasteiger partial charge in [-0.3, -0.25) is 4.98 Å². The average Bonchev–Trinajstić information content (AvgIpc) is 2.31. The molecule has 0 bridgehead atoms. The first kappa shape index (κ1) is 10.8. The molecule has 0 aliphatic rings. The van der Waals surface area contributed by atoms with E-state index in [1.165, 1.54) is 12.1 Å². The van der Waals surface area contributed by atoms with Crippen molar-refractivity contribution < 1.29 is 4.39 Å². The van der Waals surface area contributed by atoms with Crippen molar-refractivity contribution in [2.45, 2.75) is 19.8 Å². The third-order valence-corrected chi connectivity index (χ3v) is 2.45. The first-order valence-electron chi connectivity index (χ1n) is 5.51. The molecule has 0 amide bonds. The highest BCUT2D eigenvalue weighted by molar-refractivity contribution is 5.58. The molecule has 0 spiro atoms. The molecular formula is C14H14FN. The molecule has 0 fully saturated rings. The highest BCUT2D eigenvalue weighted by Gasteiger charge is 2.00. The van der Waals surface area contributed by atoms with Gasteiger partial charge in [0.1, 0.15) is 5.82 Å². The van der Waals surface area contributed by atoms with Gasteiger partial charge in [0.05, 0.1) is 5.69 Å². The predicted molar refractivity (Wildman–Crippen MR) is 63.6 cm³/mol. The number of rotatable bonds is 3. The number of aryl methyl sites for hydroxylation is 1. The van der Waals surface area contributed by atoms with Crippen molar-refractivity contribution in [1.29, 1.82) is 0 Å². The molecule has 1 aromatic carbocycles. The van der Waals surface area contributed by atoms with E-state index >= 15 is 0 Å². The lowest BCUT2D eigenvalue weighted by molar-refractivity contribution is 0.628. The summed E-state index contributed by atoms with van der Waals surface area (Å²) in [4.78, 5) is 4.54. The van der Waals surface area contributed by atoms with Crippen LogP contribution in [0.4, 0.5) is 4.39 Å². The van der Waals surface area contributed by atoms with Gasteiger partial charge in [0.2, 0.25) is 0 Å². The molecule has 0 aliphatic heterocycles. The van der Waals surface area contributed by atoms with Crippen molar-refractivity contribution in [1.82, 2.24) is 4.98 Å². The van der Waals surface area contributed by atoms with Gasteiger partial charge in [-0.2, -0.15) is 0 Å². The smallest absolute Gasteiger partial charge is 0.123 e. The van der Waals surface area contributed by atoms with Crippen molar-refractivity contribution in [2.24, 2.45) is 0 Å². The van der Waals surface area contributed by atoms with E-state index in [0.29, 0.717) is 0 Å². The number of halogens is 1. The van der Waals surface area contributed by atoms with Crippen molar-refractivity contribution in [3.8, 4) is 11.3 Å². The van der Waals surface area contributed by atoms with Crippen LogP contribution in [0.2, 0.25) is 0 Å². The Bertz CT molecular complexity index is 462. The van der Waals surface area contributed by atoms with Crippen LogP contribution in [0.25, 0.3) is 11.3 Å². The Morgan fingerprint density at radius 2 is 1.81 bits per heavy atom. The monoisotopic (exact) mass is 215 g/mol. The van der Waals surface area contributed by atoms with E-state index in [1.807, 2.05) is 18.2 Å². The lowest BCUT2D eigenvalue weighted by Crippen LogP contribution is -1.91. The molecule has 82 valence electrons. The zero-order chi connectivity index (χ0) is 11.4. The third-order valence-electron chi connectivity index (χ3n) is 2.45. The number of aromatic nitrogens is 1. The van der Waals surface area contributed by atoms with E-state index in [9.17, 15) is 4.39 Å². The van der Waals surface area contributed by atoms with E-state index < -0.39 is 0 Å². The highest BCUT2D eigenvalue weighted by Crippen LogP contribution is 2.17. The summed E-state index contributed by atoms with van der Waals surface area (Å²) in [7, 11) is 0. The molecule has 1 heterocycles. The van der Waals surface area contributed by atoms with E-state index in [1.54, 1.807) is 12.1 Å². The first-order valence-corrected chi connectivity index (χ1v) is 5.51. The third kappa shape index (κ3) is 2.45. The lowest BCUT2D eigenvalue weighted by Gasteiger charge is -2.03. The molecule has 0 atom stereocenters. The second-order valence-electron chi connectivity index (χ2n) is 3.77. The summed E-state index contributed by atoms with van der Waals surface area (Å²) >= 11 is 0. The largest absolute Gasteiger partial charge is 0.253 e. The molecule has 2 aromatic rings. The van der Waals surface area contributed by atoms with Crippen LogP contribution in [0.5, 0.6) is 0 Å². The minimum absolute atomic E-state index is 0.214. The van der Waals surface area contributed by atoms with Gasteiger partial charge in [0.25, 0.3) is 0 Å². The topological polar surface area (TPSA) is 12.9 Å². The van der Waals surface area contributed by atoms with Crippen LogP contribution >= 0.6 is 0 Å². The van der Waals surface area contributed by atoms with Crippen molar-refractivity contribution in [3.63, 3.8) is 0 Å². The molecule has 0 saturated carbocycles. The SMILES string of the molecule is CCCc1cccc(-c2ccc(F)cc2)n1.